The first-order valence-corrected chi connectivity index (χ1v) is 20.1. The first kappa shape index (κ1) is 31.7. The number of rotatable bonds is 6. The number of aromatic hydroxyl groups is 1. The summed E-state index contributed by atoms with van der Waals surface area (Å²) >= 11 is 0. The summed E-state index contributed by atoms with van der Waals surface area (Å²) < 4.78 is 60.8. The molecule has 0 atom stereocenters. The summed E-state index contributed by atoms with van der Waals surface area (Å²) in [4.78, 5) is 10.3. The van der Waals surface area contributed by atoms with Crippen LogP contribution in [0.4, 0.5) is 0 Å². The van der Waals surface area contributed by atoms with Crippen LogP contribution in [0.1, 0.15) is 94.2 Å². The van der Waals surface area contributed by atoms with Crippen molar-refractivity contribution in [3.8, 4) is 67.5 Å². The molecule has 0 spiro atoms. The average Bonchev–Trinajstić information content (AvgIpc) is 3.64. The highest BCUT2D eigenvalue weighted by molar-refractivity contribution is 5.98. The van der Waals surface area contributed by atoms with E-state index in [0.29, 0.717) is 22.6 Å². The zero-order valence-electron chi connectivity index (χ0n) is 42.3. The minimum absolute atomic E-state index is 0.0370. The van der Waals surface area contributed by atoms with Crippen LogP contribution >= 0.6 is 0 Å². The van der Waals surface area contributed by atoms with E-state index in [1.165, 1.54) is 0 Å². The van der Waals surface area contributed by atoms with E-state index in [1.807, 2.05) is 42.5 Å². The van der Waals surface area contributed by atoms with Crippen molar-refractivity contribution in [1.29, 1.82) is 0 Å². The Morgan fingerprint density at radius 1 is 0.593 bits per heavy atom. The normalized spacial score (nSPS) is 14.2. The van der Waals surface area contributed by atoms with Crippen LogP contribution in [-0.4, -0.2) is 19.6 Å². The fraction of sp³-hybridized carbons (Fsp3) is 0.236. The van der Waals surface area contributed by atoms with Crippen molar-refractivity contribution in [2.24, 2.45) is 0 Å². The van der Waals surface area contributed by atoms with Gasteiger partial charge in [0.05, 0.1) is 33.5 Å². The Labute approximate surface area is 360 Å². The molecular weight excluding hydrogens is 719 g/mol. The van der Waals surface area contributed by atoms with E-state index in [9.17, 15) is 5.11 Å². The lowest BCUT2D eigenvalue weighted by Gasteiger charge is -2.27. The second-order valence-corrected chi connectivity index (χ2v) is 18.5. The highest BCUT2D eigenvalue weighted by Gasteiger charge is 2.29. The summed E-state index contributed by atoms with van der Waals surface area (Å²) in [6.07, 6.45) is 1.56. The standard InChI is InChI=1S/C55H55N3O/c1-35-18-16-21-37(28-35)38-26-27-56-47(32-38)40-29-39(30-41(31-40)53(2,3)4)44-23-17-25-49-50(44)57-52(45-33-42(54(5,6)7)34-46(51(45)59)55(8,9)10)58(49)48-24-15-14-22-43(48)36-19-12-11-13-20-36/h11-34,59H,1-10H3/i1D3,16D,18D,21D,28D. The molecule has 0 amide bonds. The lowest BCUT2D eigenvalue weighted by molar-refractivity contribution is 0.446. The lowest BCUT2D eigenvalue weighted by Crippen LogP contribution is -2.17. The van der Waals surface area contributed by atoms with Gasteiger partial charge in [0.25, 0.3) is 0 Å². The van der Waals surface area contributed by atoms with Crippen LogP contribution in [0.15, 0.2) is 146 Å². The first-order chi connectivity index (χ1) is 30.9. The quantitative estimate of drug-likeness (QED) is 0.183. The van der Waals surface area contributed by atoms with Crippen molar-refractivity contribution < 1.29 is 14.7 Å². The number of benzene rings is 6. The summed E-state index contributed by atoms with van der Waals surface area (Å²) in [5, 5.41) is 12.4. The Morgan fingerprint density at radius 2 is 1.29 bits per heavy atom. The number of phenolic OH excluding ortho intramolecular Hbond substituents is 1. The SMILES string of the molecule is [2H]c1c([2H])c(-c2ccnc(-c3cc(-c4cccc5c4nc(-c4cc(C(C)(C)C)cc(C(C)(C)C)c4O)n5-c4ccccc4-c4ccccc4)cc(C(C)(C)C)c3)c2)c([2H])c(C([2H])([2H])[2H])c1[2H]. The van der Waals surface area contributed by atoms with E-state index < -0.39 is 30.5 Å². The molecule has 0 radical (unpaired) electrons. The molecule has 2 heterocycles. The molecule has 6 aromatic carbocycles. The van der Waals surface area contributed by atoms with Gasteiger partial charge in [0, 0.05) is 32.6 Å². The van der Waals surface area contributed by atoms with Crippen LogP contribution < -0.4 is 0 Å². The predicted molar refractivity (Wildman–Crippen MR) is 249 cm³/mol. The van der Waals surface area contributed by atoms with Crippen molar-refractivity contribution in [3.63, 3.8) is 0 Å². The summed E-state index contributed by atoms with van der Waals surface area (Å²) in [5.74, 6) is 0.777. The zero-order valence-corrected chi connectivity index (χ0v) is 35.3. The molecule has 0 bridgehead atoms. The topological polar surface area (TPSA) is 50.9 Å². The third-order valence-electron chi connectivity index (χ3n) is 11.0. The molecule has 296 valence electrons. The molecule has 59 heavy (non-hydrogen) atoms. The molecule has 0 aliphatic rings. The monoisotopic (exact) mass is 780 g/mol. The third kappa shape index (κ3) is 7.72. The molecule has 2 aromatic heterocycles. The van der Waals surface area contributed by atoms with Crippen LogP contribution in [0.3, 0.4) is 0 Å². The number of phenols is 1. The highest BCUT2D eigenvalue weighted by atomic mass is 16.3. The van der Waals surface area contributed by atoms with Crippen LogP contribution in [0.25, 0.3) is 72.7 Å². The number of nitrogens with zero attached hydrogens (tertiary/aromatic N) is 3. The number of fused-ring (bicyclic) bond motifs is 1. The maximum absolute atomic E-state index is 12.4. The Balaban J connectivity index is 1.42. The van der Waals surface area contributed by atoms with Crippen LogP contribution in [0.2, 0.25) is 0 Å². The van der Waals surface area contributed by atoms with Crippen LogP contribution in [-0.2, 0) is 16.2 Å². The molecule has 0 fully saturated rings. The molecule has 8 rings (SSSR count). The summed E-state index contributed by atoms with van der Waals surface area (Å²) in [7, 11) is 0. The van der Waals surface area contributed by atoms with Gasteiger partial charge in [0.2, 0.25) is 0 Å². The molecule has 0 unspecified atom stereocenters. The number of imidazole rings is 1. The number of aromatic nitrogens is 3. The second-order valence-electron chi connectivity index (χ2n) is 18.5. The third-order valence-corrected chi connectivity index (χ3v) is 11.0. The van der Waals surface area contributed by atoms with Crippen molar-refractivity contribution >= 4 is 11.0 Å². The van der Waals surface area contributed by atoms with E-state index in [4.69, 9.17) is 19.6 Å². The Kier molecular flexibility index (Phi) is 7.97. The van der Waals surface area contributed by atoms with Crippen molar-refractivity contribution in [2.45, 2.75) is 85.4 Å². The molecule has 0 saturated carbocycles. The van der Waals surface area contributed by atoms with E-state index in [1.54, 1.807) is 18.3 Å². The lowest BCUT2D eigenvalue weighted by atomic mass is 9.79. The number of hydrogen-bond acceptors (Lipinski definition) is 3. The van der Waals surface area contributed by atoms with Gasteiger partial charge in [-0.15, -0.1) is 0 Å². The molecule has 4 nitrogen and oxygen atoms in total. The van der Waals surface area contributed by atoms with Crippen molar-refractivity contribution in [2.75, 3.05) is 0 Å². The molecule has 0 aliphatic carbocycles. The van der Waals surface area contributed by atoms with Crippen molar-refractivity contribution in [1.82, 2.24) is 14.5 Å². The van der Waals surface area contributed by atoms with Gasteiger partial charge in [0.15, 0.2) is 0 Å². The minimum Gasteiger partial charge on any atom is -0.507 e. The second kappa shape index (κ2) is 14.8. The first-order valence-electron chi connectivity index (χ1n) is 23.6. The Hall–Kier alpha value is -6.26. The molecule has 0 saturated heterocycles. The van der Waals surface area contributed by atoms with E-state index >= 15 is 0 Å². The van der Waals surface area contributed by atoms with Gasteiger partial charge < -0.3 is 5.11 Å². The zero-order chi connectivity index (χ0) is 47.8. The van der Waals surface area contributed by atoms with Gasteiger partial charge in [-0.2, -0.15) is 0 Å². The summed E-state index contributed by atoms with van der Waals surface area (Å²) in [6.45, 7) is 16.5. The maximum atomic E-state index is 12.4. The number of para-hydroxylation sites is 2. The minimum atomic E-state index is -2.82. The number of pyridine rings is 1. The summed E-state index contributed by atoms with van der Waals surface area (Å²) in [6, 6.07) is 36.4. The fourth-order valence-electron chi connectivity index (χ4n) is 7.69. The smallest absolute Gasteiger partial charge is 0.149 e. The van der Waals surface area contributed by atoms with Gasteiger partial charge in [-0.25, -0.2) is 4.98 Å². The average molecular weight is 781 g/mol. The molecule has 4 heteroatoms. The van der Waals surface area contributed by atoms with Gasteiger partial charge in [-0.05, 0) is 98.9 Å². The van der Waals surface area contributed by atoms with Crippen molar-refractivity contribution in [3.05, 3.63) is 168 Å². The predicted octanol–water partition coefficient (Wildman–Crippen LogP) is 14.7. The molecular formula is C55H55N3O. The Bertz CT molecular complexity index is 3190. The molecule has 0 aliphatic heterocycles. The summed E-state index contributed by atoms with van der Waals surface area (Å²) in [5.41, 5.74) is 9.85. The van der Waals surface area contributed by atoms with E-state index in [2.05, 4.69) is 128 Å². The fourth-order valence-corrected chi connectivity index (χ4v) is 7.69. The van der Waals surface area contributed by atoms with Gasteiger partial charge in [0.1, 0.15) is 11.6 Å². The largest absolute Gasteiger partial charge is 0.507 e. The van der Waals surface area contributed by atoms with Gasteiger partial charge in [-0.3, -0.25) is 9.55 Å². The van der Waals surface area contributed by atoms with Gasteiger partial charge in [-0.1, -0.05) is 165 Å². The van der Waals surface area contributed by atoms with Crippen LogP contribution in [0.5, 0.6) is 5.75 Å². The van der Waals surface area contributed by atoms with Gasteiger partial charge >= 0.3 is 0 Å². The maximum Gasteiger partial charge on any atom is 0.149 e. The Morgan fingerprint density at radius 3 is 2.02 bits per heavy atom. The van der Waals surface area contributed by atoms with E-state index in [0.717, 1.165) is 61.2 Å². The van der Waals surface area contributed by atoms with Crippen LogP contribution in [0, 0.1) is 6.85 Å². The molecule has 8 aromatic rings. The van der Waals surface area contributed by atoms with E-state index in [-0.39, 0.29) is 33.6 Å². The highest BCUT2D eigenvalue weighted by Crippen LogP contribution is 2.46. The molecule has 1 N–H and O–H groups in total. The number of hydrogen-bond donors (Lipinski definition) is 1.